The van der Waals surface area contributed by atoms with Crippen LogP contribution in [0.4, 0.5) is 0 Å². The van der Waals surface area contributed by atoms with E-state index in [2.05, 4.69) is 25.9 Å². The van der Waals surface area contributed by atoms with E-state index >= 15 is 0 Å². The Morgan fingerprint density at radius 2 is 2.08 bits per heavy atom. The molecule has 0 aliphatic heterocycles. The van der Waals surface area contributed by atoms with E-state index in [0.29, 0.717) is 21.3 Å². The van der Waals surface area contributed by atoms with Gasteiger partial charge in [-0.2, -0.15) is 0 Å². The van der Waals surface area contributed by atoms with Crippen molar-refractivity contribution in [3.63, 3.8) is 0 Å². The first-order valence-corrected chi connectivity index (χ1v) is 8.11. The van der Waals surface area contributed by atoms with Gasteiger partial charge in [-0.3, -0.25) is 14.2 Å². The summed E-state index contributed by atoms with van der Waals surface area (Å²) < 4.78 is 7.10. The SMILES string of the molecule is Cc1cccc2c(=O)n(CCC(=O)Oc3cccnc3Br)cnc12. The summed E-state index contributed by atoms with van der Waals surface area (Å²) in [4.78, 5) is 32.7. The second-order valence-electron chi connectivity index (χ2n) is 5.23. The average molecular weight is 388 g/mol. The van der Waals surface area contributed by atoms with Crippen LogP contribution in [0.15, 0.2) is 52.3 Å². The number of rotatable bonds is 4. The number of hydrogen-bond donors (Lipinski definition) is 0. The Morgan fingerprint density at radius 1 is 1.25 bits per heavy atom. The molecule has 0 saturated heterocycles. The van der Waals surface area contributed by atoms with Gasteiger partial charge in [0.05, 0.1) is 23.7 Å². The third-order valence-electron chi connectivity index (χ3n) is 3.56. The molecule has 0 fully saturated rings. The van der Waals surface area contributed by atoms with Gasteiger partial charge in [0.2, 0.25) is 0 Å². The molecule has 0 bridgehead atoms. The highest BCUT2D eigenvalue weighted by Gasteiger charge is 2.11. The van der Waals surface area contributed by atoms with Crippen molar-refractivity contribution in [1.29, 1.82) is 0 Å². The molecule has 6 nitrogen and oxygen atoms in total. The molecule has 0 radical (unpaired) electrons. The summed E-state index contributed by atoms with van der Waals surface area (Å²) in [7, 11) is 0. The van der Waals surface area contributed by atoms with E-state index in [9.17, 15) is 9.59 Å². The van der Waals surface area contributed by atoms with Crippen molar-refractivity contribution in [3.8, 4) is 5.75 Å². The van der Waals surface area contributed by atoms with Crippen LogP contribution < -0.4 is 10.3 Å². The predicted octanol–water partition coefficient (Wildman–Crippen LogP) is 2.86. The van der Waals surface area contributed by atoms with Crippen LogP contribution in [0.2, 0.25) is 0 Å². The summed E-state index contributed by atoms with van der Waals surface area (Å²) in [6, 6.07) is 8.77. The molecule has 0 aliphatic carbocycles. The number of fused-ring (bicyclic) bond motifs is 1. The fraction of sp³-hybridized carbons (Fsp3) is 0.176. The number of nitrogens with zero attached hydrogens (tertiary/aromatic N) is 3. The molecule has 2 heterocycles. The zero-order valence-electron chi connectivity index (χ0n) is 12.9. The summed E-state index contributed by atoms with van der Waals surface area (Å²) in [5.74, 6) is -0.0953. The third-order valence-corrected chi connectivity index (χ3v) is 4.16. The Morgan fingerprint density at radius 3 is 2.88 bits per heavy atom. The quantitative estimate of drug-likeness (QED) is 0.508. The first-order valence-electron chi connectivity index (χ1n) is 7.32. The first-order chi connectivity index (χ1) is 11.6. The minimum Gasteiger partial charge on any atom is -0.424 e. The van der Waals surface area contributed by atoms with Gasteiger partial charge in [-0.25, -0.2) is 9.97 Å². The zero-order chi connectivity index (χ0) is 17.1. The van der Waals surface area contributed by atoms with E-state index in [1.54, 1.807) is 24.4 Å². The summed E-state index contributed by atoms with van der Waals surface area (Å²) in [6.07, 6.45) is 3.11. The van der Waals surface area contributed by atoms with E-state index < -0.39 is 5.97 Å². The lowest BCUT2D eigenvalue weighted by molar-refractivity contribution is -0.134. The van der Waals surface area contributed by atoms with Gasteiger partial charge in [-0.1, -0.05) is 12.1 Å². The van der Waals surface area contributed by atoms with E-state index in [4.69, 9.17) is 4.74 Å². The Bertz CT molecular complexity index is 969. The van der Waals surface area contributed by atoms with Crippen LogP contribution in [0.3, 0.4) is 0 Å². The maximum atomic E-state index is 12.5. The molecule has 0 unspecified atom stereocenters. The van der Waals surface area contributed by atoms with Gasteiger partial charge in [0.15, 0.2) is 5.75 Å². The number of carbonyl (C=O) groups is 1. The molecule has 7 heteroatoms. The van der Waals surface area contributed by atoms with E-state index in [-0.39, 0.29) is 18.5 Å². The van der Waals surface area contributed by atoms with Crippen molar-refractivity contribution < 1.29 is 9.53 Å². The lowest BCUT2D eigenvalue weighted by Crippen LogP contribution is -2.23. The molecule has 0 aliphatic rings. The maximum absolute atomic E-state index is 12.5. The van der Waals surface area contributed by atoms with Gasteiger partial charge in [-0.05, 0) is 46.6 Å². The van der Waals surface area contributed by atoms with Crippen LogP contribution >= 0.6 is 15.9 Å². The Labute approximate surface area is 146 Å². The average Bonchev–Trinajstić information content (AvgIpc) is 2.57. The molecule has 0 N–H and O–H groups in total. The van der Waals surface area contributed by atoms with E-state index in [1.807, 2.05) is 19.1 Å². The van der Waals surface area contributed by atoms with Crippen molar-refractivity contribution in [2.45, 2.75) is 19.9 Å². The van der Waals surface area contributed by atoms with E-state index in [1.165, 1.54) is 10.9 Å². The van der Waals surface area contributed by atoms with Crippen molar-refractivity contribution >= 4 is 32.8 Å². The van der Waals surface area contributed by atoms with Crippen LogP contribution in [-0.4, -0.2) is 20.5 Å². The molecular weight excluding hydrogens is 374 g/mol. The van der Waals surface area contributed by atoms with Crippen LogP contribution in [0.5, 0.6) is 5.75 Å². The second kappa shape index (κ2) is 6.92. The molecule has 24 heavy (non-hydrogen) atoms. The highest BCUT2D eigenvalue weighted by atomic mass is 79.9. The standard InChI is InChI=1S/C17H14BrN3O3/c1-11-4-2-5-12-15(11)20-10-21(17(12)23)9-7-14(22)24-13-6-3-8-19-16(13)18/h2-6,8,10H,7,9H2,1H3. The molecule has 1 aromatic carbocycles. The summed E-state index contributed by atoms with van der Waals surface area (Å²) in [5.41, 5.74) is 1.46. The molecule has 2 aromatic heterocycles. The van der Waals surface area contributed by atoms with Gasteiger partial charge in [-0.15, -0.1) is 0 Å². The second-order valence-corrected chi connectivity index (χ2v) is 5.98. The van der Waals surface area contributed by atoms with Crippen molar-refractivity contribution in [3.05, 3.63) is 63.4 Å². The molecule has 3 aromatic rings. The number of pyridine rings is 1. The van der Waals surface area contributed by atoms with Gasteiger partial charge < -0.3 is 4.74 Å². The number of carbonyl (C=O) groups excluding carboxylic acids is 1. The van der Waals surface area contributed by atoms with Crippen LogP contribution in [0.25, 0.3) is 10.9 Å². The van der Waals surface area contributed by atoms with Gasteiger partial charge >= 0.3 is 5.97 Å². The van der Waals surface area contributed by atoms with E-state index in [0.717, 1.165) is 5.56 Å². The highest BCUT2D eigenvalue weighted by molar-refractivity contribution is 9.10. The third kappa shape index (κ3) is 3.35. The fourth-order valence-electron chi connectivity index (χ4n) is 2.33. The van der Waals surface area contributed by atoms with Crippen molar-refractivity contribution in [2.75, 3.05) is 0 Å². The van der Waals surface area contributed by atoms with Crippen molar-refractivity contribution in [1.82, 2.24) is 14.5 Å². The Balaban J connectivity index is 1.74. The molecule has 0 saturated carbocycles. The van der Waals surface area contributed by atoms with Crippen LogP contribution in [-0.2, 0) is 11.3 Å². The molecular formula is C17H14BrN3O3. The lowest BCUT2D eigenvalue weighted by atomic mass is 10.1. The number of benzene rings is 1. The zero-order valence-corrected chi connectivity index (χ0v) is 14.5. The Kier molecular flexibility index (Phi) is 4.71. The number of aryl methyl sites for hydroxylation is 2. The number of para-hydroxylation sites is 1. The summed E-state index contributed by atoms with van der Waals surface area (Å²) in [6.45, 7) is 2.11. The number of hydrogen-bond acceptors (Lipinski definition) is 5. The number of esters is 1. The molecule has 122 valence electrons. The van der Waals surface area contributed by atoms with Gasteiger partial charge in [0.1, 0.15) is 4.60 Å². The number of ether oxygens (including phenoxy) is 1. The normalized spacial score (nSPS) is 10.8. The van der Waals surface area contributed by atoms with Crippen molar-refractivity contribution in [2.24, 2.45) is 0 Å². The smallest absolute Gasteiger partial charge is 0.313 e. The van der Waals surface area contributed by atoms with Gasteiger partial charge in [0, 0.05) is 12.7 Å². The molecule has 0 spiro atoms. The number of aromatic nitrogens is 3. The monoisotopic (exact) mass is 387 g/mol. The first kappa shape index (κ1) is 16.3. The predicted molar refractivity (Wildman–Crippen MR) is 92.9 cm³/mol. The van der Waals surface area contributed by atoms with Crippen LogP contribution in [0, 0.1) is 6.92 Å². The minimum absolute atomic E-state index is 0.0558. The molecule has 0 atom stereocenters. The lowest BCUT2D eigenvalue weighted by Gasteiger charge is -2.08. The topological polar surface area (TPSA) is 74.1 Å². The van der Waals surface area contributed by atoms with Crippen LogP contribution in [0.1, 0.15) is 12.0 Å². The molecule has 3 rings (SSSR count). The minimum atomic E-state index is -0.445. The van der Waals surface area contributed by atoms with Gasteiger partial charge in [0.25, 0.3) is 5.56 Å². The Hall–Kier alpha value is -2.54. The summed E-state index contributed by atoms with van der Waals surface area (Å²) in [5, 5.41) is 0.542. The number of halogens is 1. The largest absolute Gasteiger partial charge is 0.424 e. The highest BCUT2D eigenvalue weighted by Crippen LogP contribution is 2.21. The fourth-order valence-corrected chi connectivity index (χ4v) is 2.66. The summed E-state index contributed by atoms with van der Waals surface area (Å²) >= 11 is 3.21. The maximum Gasteiger partial charge on any atom is 0.313 e. The molecule has 0 amide bonds.